The fraction of sp³-hybridized carbons (Fsp3) is 0.263. The molecule has 0 unspecified atom stereocenters. The molecule has 0 saturated heterocycles. The highest BCUT2D eigenvalue weighted by Gasteiger charge is 2.46. The molecule has 0 fully saturated rings. The molecule has 3 aromatic carbocycles. The van der Waals surface area contributed by atoms with E-state index >= 15 is 0 Å². The second-order valence-electron chi connectivity index (χ2n) is 12.1. The van der Waals surface area contributed by atoms with Crippen molar-refractivity contribution in [2.24, 2.45) is 5.10 Å². The van der Waals surface area contributed by atoms with Gasteiger partial charge in [-0.3, -0.25) is 19.1 Å². The highest BCUT2D eigenvalue weighted by Crippen LogP contribution is 2.37. The molecule has 2 heterocycles. The molecule has 13 heteroatoms. The molecule has 3 N–H and O–H groups in total. The summed E-state index contributed by atoms with van der Waals surface area (Å²) in [5, 5.41) is 10.3. The third-order valence-electron chi connectivity index (χ3n) is 8.31. The number of hydrogen-bond donors (Lipinski definition) is 3. The Morgan fingerprint density at radius 2 is 1.63 bits per heavy atom. The number of rotatable bonds is 14. The Morgan fingerprint density at radius 3 is 2.25 bits per heavy atom. The molecule has 0 aliphatic carbocycles. The molecule has 51 heavy (non-hydrogen) atoms. The molecular formula is C38H41N7O6. The minimum Gasteiger partial charge on any atom is -0.444 e. The van der Waals surface area contributed by atoms with Gasteiger partial charge in [0.2, 0.25) is 5.91 Å². The zero-order chi connectivity index (χ0) is 36.2. The number of hydrogen-bond acceptors (Lipinski definition) is 9. The molecule has 0 saturated carbocycles. The van der Waals surface area contributed by atoms with E-state index in [9.17, 15) is 19.2 Å². The number of nitrogens with zero attached hydrogens (tertiary/aromatic N) is 4. The van der Waals surface area contributed by atoms with E-state index in [1.807, 2.05) is 86.6 Å². The number of hydrazone groups is 1. The van der Waals surface area contributed by atoms with E-state index in [0.29, 0.717) is 12.4 Å². The zero-order valence-electron chi connectivity index (χ0n) is 28.6. The van der Waals surface area contributed by atoms with Crippen LogP contribution >= 0.6 is 0 Å². The molecule has 2 atom stereocenters. The van der Waals surface area contributed by atoms with E-state index < -0.39 is 29.3 Å². The highest BCUT2D eigenvalue weighted by molar-refractivity contribution is 5.88. The van der Waals surface area contributed by atoms with Gasteiger partial charge in [0.05, 0.1) is 18.0 Å². The number of nitrogens with one attached hydrogen (secondary N) is 3. The molecule has 5 rings (SSSR count). The molecule has 0 bridgehead atoms. The third-order valence-corrected chi connectivity index (χ3v) is 8.31. The maximum absolute atomic E-state index is 14.1. The van der Waals surface area contributed by atoms with Crippen molar-refractivity contribution in [3.63, 3.8) is 0 Å². The van der Waals surface area contributed by atoms with Gasteiger partial charge in [-0.1, -0.05) is 97.9 Å². The van der Waals surface area contributed by atoms with Crippen LogP contribution in [0, 0.1) is 0 Å². The number of fused-ring (bicyclic) bond motifs is 1. The normalized spacial score (nSPS) is 16.2. The summed E-state index contributed by atoms with van der Waals surface area (Å²) < 4.78 is 12.0. The molecule has 0 radical (unpaired) electrons. The van der Waals surface area contributed by atoms with Crippen molar-refractivity contribution in [2.45, 2.75) is 51.6 Å². The van der Waals surface area contributed by atoms with Gasteiger partial charge in [-0.05, 0) is 35.7 Å². The summed E-state index contributed by atoms with van der Waals surface area (Å²) in [5.74, 6) is 0.0281. The van der Waals surface area contributed by atoms with Crippen LogP contribution in [-0.2, 0) is 39.6 Å². The highest BCUT2D eigenvalue weighted by atomic mass is 16.6. The Balaban J connectivity index is 1.24. The van der Waals surface area contributed by atoms with Gasteiger partial charge in [0, 0.05) is 19.5 Å². The van der Waals surface area contributed by atoms with Crippen LogP contribution in [0.4, 0.5) is 15.3 Å². The summed E-state index contributed by atoms with van der Waals surface area (Å²) in [7, 11) is 0. The SMILES string of the molecule is C=CCN(C(=O)OCc1ccccc1)c1cnc2n(c1=O)[C@H](C(=O)NCc1ccc(C=NNC(=O)OCc3ccccc3)cc1)C[C@@]2(C)NCC. The van der Waals surface area contributed by atoms with Gasteiger partial charge >= 0.3 is 12.2 Å². The fourth-order valence-corrected chi connectivity index (χ4v) is 5.80. The molecular weight excluding hydrogens is 650 g/mol. The number of anilines is 1. The second kappa shape index (κ2) is 17.0. The predicted octanol–water partition coefficient (Wildman–Crippen LogP) is 4.92. The van der Waals surface area contributed by atoms with Gasteiger partial charge < -0.3 is 20.1 Å². The largest absolute Gasteiger partial charge is 0.444 e. The standard InChI is InChI=1S/C38H41N7O6/c1-4-20-44(37(49)51-26-30-14-10-7-11-15-30)32-24-40-35-38(3,41-5-2)21-31(45(35)34(32)47)33(46)39-22-27-16-18-28(19-17-27)23-42-43-36(48)50-25-29-12-8-6-9-13-29/h4,6-19,23-24,31,41H,1,5,20-22,25-26H2,2-3H3,(H,39,46)(H,43,48)/t31-,38+/m0/s1. The van der Waals surface area contributed by atoms with Crippen LogP contribution in [-0.4, -0.2) is 46.9 Å². The number of ether oxygens (including phenoxy) is 2. The van der Waals surface area contributed by atoms with Gasteiger partial charge in [-0.15, -0.1) is 6.58 Å². The van der Waals surface area contributed by atoms with E-state index in [1.165, 1.54) is 28.0 Å². The minimum absolute atomic E-state index is 0.000339. The lowest BCUT2D eigenvalue weighted by Gasteiger charge is -2.25. The van der Waals surface area contributed by atoms with Crippen molar-refractivity contribution < 1.29 is 23.9 Å². The van der Waals surface area contributed by atoms with E-state index in [-0.39, 0.29) is 44.3 Å². The summed E-state index contributed by atoms with van der Waals surface area (Å²) >= 11 is 0. The fourth-order valence-electron chi connectivity index (χ4n) is 5.80. The molecule has 264 valence electrons. The van der Waals surface area contributed by atoms with Crippen molar-refractivity contribution >= 4 is 30.0 Å². The smallest absolute Gasteiger partial charge is 0.428 e. The first-order chi connectivity index (χ1) is 24.7. The molecule has 4 aromatic rings. The van der Waals surface area contributed by atoms with E-state index in [0.717, 1.165) is 22.3 Å². The van der Waals surface area contributed by atoms with Crippen molar-refractivity contribution in [1.29, 1.82) is 0 Å². The topological polar surface area (TPSA) is 156 Å². The average molecular weight is 692 g/mol. The van der Waals surface area contributed by atoms with Gasteiger partial charge in [-0.2, -0.15) is 5.10 Å². The maximum atomic E-state index is 14.1. The lowest BCUT2D eigenvalue weighted by atomic mass is 9.96. The van der Waals surface area contributed by atoms with Crippen molar-refractivity contribution in [2.75, 3.05) is 18.0 Å². The van der Waals surface area contributed by atoms with Crippen molar-refractivity contribution in [1.82, 2.24) is 25.6 Å². The second-order valence-corrected chi connectivity index (χ2v) is 12.1. The number of benzene rings is 3. The van der Waals surface area contributed by atoms with Crippen molar-refractivity contribution in [3.05, 3.63) is 142 Å². The van der Waals surface area contributed by atoms with E-state index in [1.54, 1.807) is 12.1 Å². The lowest BCUT2D eigenvalue weighted by molar-refractivity contribution is -0.124. The first-order valence-corrected chi connectivity index (χ1v) is 16.5. The maximum Gasteiger partial charge on any atom is 0.428 e. The van der Waals surface area contributed by atoms with Gasteiger partial charge in [-0.25, -0.2) is 20.0 Å². The number of aromatic nitrogens is 2. The summed E-state index contributed by atoms with van der Waals surface area (Å²) in [5.41, 5.74) is 4.18. The number of carbonyl (C=O) groups is 3. The van der Waals surface area contributed by atoms with Gasteiger partial charge in [0.25, 0.3) is 5.56 Å². The third kappa shape index (κ3) is 9.13. The number of carbonyl (C=O) groups excluding carboxylic acids is 3. The Bertz CT molecular complexity index is 1910. The van der Waals surface area contributed by atoms with Crippen molar-refractivity contribution in [3.8, 4) is 0 Å². The summed E-state index contributed by atoms with van der Waals surface area (Å²) in [6.45, 7) is 8.50. The van der Waals surface area contributed by atoms with Gasteiger partial charge in [0.1, 0.15) is 30.8 Å². The Hall–Kier alpha value is -6.08. The molecule has 1 aliphatic heterocycles. The Labute approximate surface area is 296 Å². The lowest BCUT2D eigenvalue weighted by Crippen LogP contribution is -2.41. The van der Waals surface area contributed by atoms with Crippen LogP contribution in [0.15, 0.2) is 114 Å². The molecule has 3 amide bonds. The van der Waals surface area contributed by atoms with Gasteiger partial charge in [0.15, 0.2) is 0 Å². The van der Waals surface area contributed by atoms with Crippen LogP contribution in [0.25, 0.3) is 0 Å². The first kappa shape index (κ1) is 36.2. The summed E-state index contributed by atoms with van der Waals surface area (Å²) in [4.78, 5) is 58.7. The molecule has 13 nitrogen and oxygen atoms in total. The number of amides is 3. The Kier molecular flexibility index (Phi) is 12.1. The summed E-state index contributed by atoms with van der Waals surface area (Å²) in [6.07, 6.45) is 3.18. The zero-order valence-corrected chi connectivity index (χ0v) is 28.6. The summed E-state index contributed by atoms with van der Waals surface area (Å²) in [6, 6.07) is 24.9. The Morgan fingerprint density at radius 1 is 0.980 bits per heavy atom. The van der Waals surface area contributed by atoms with Crippen LogP contribution < -0.4 is 26.5 Å². The van der Waals surface area contributed by atoms with Crippen LogP contribution in [0.2, 0.25) is 0 Å². The minimum atomic E-state index is -0.894. The monoisotopic (exact) mass is 691 g/mol. The van der Waals surface area contributed by atoms with Crippen LogP contribution in [0.5, 0.6) is 0 Å². The van der Waals surface area contributed by atoms with Crippen LogP contribution in [0.1, 0.15) is 54.4 Å². The van der Waals surface area contributed by atoms with E-state index in [4.69, 9.17) is 9.47 Å². The average Bonchev–Trinajstić information content (AvgIpc) is 3.45. The van der Waals surface area contributed by atoms with Crippen LogP contribution in [0.3, 0.4) is 0 Å². The van der Waals surface area contributed by atoms with E-state index in [2.05, 4.69) is 32.7 Å². The predicted molar refractivity (Wildman–Crippen MR) is 193 cm³/mol. The molecule has 1 aromatic heterocycles. The quantitative estimate of drug-likeness (QED) is 0.0957. The molecule has 0 spiro atoms. The molecule has 1 aliphatic rings. The first-order valence-electron chi connectivity index (χ1n) is 16.5.